The van der Waals surface area contributed by atoms with Crippen LogP contribution in [0.1, 0.15) is 49.0 Å². The zero-order valence-corrected chi connectivity index (χ0v) is 12.3. The predicted molar refractivity (Wildman–Crippen MR) is 74.7 cm³/mol. The molecule has 4 saturated carbocycles. The second kappa shape index (κ2) is 4.09. The maximum Gasteiger partial charge on any atom is 0.190 e. The van der Waals surface area contributed by atoms with Crippen LogP contribution in [0, 0.1) is 23.2 Å². The summed E-state index contributed by atoms with van der Waals surface area (Å²) in [5.41, 5.74) is 0.560. The molecule has 0 amide bonds. The van der Waals surface area contributed by atoms with Gasteiger partial charge in [0.2, 0.25) is 0 Å². The molecule has 4 aliphatic carbocycles. The number of nitrogens with zero attached hydrogens (tertiary/aromatic N) is 2. The van der Waals surface area contributed by atoms with E-state index in [0.717, 1.165) is 37.0 Å². The lowest BCUT2D eigenvalue weighted by Crippen LogP contribution is -2.50. The SMILES string of the molecule is COc1cnn(C)c1C(=O)C12CC3CC(CC(C3)C1)C2. The Kier molecular flexibility index (Phi) is 2.54. The number of aromatic nitrogens is 2. The molecule has 0 unspecified atom stereocenters. The first kappa shape index (κ1) is 12.4. The van der Waals surface area contributed by atoms with E-state index in [1.54, 1.807) is 18.0 Å². The summed E-state index contributed by atoms with van der Waals surface area (Å²) in [4.78, 5) is 13.2. The fourth-order valence-corrected chi connectivity index (χ4v) is 5.47. The smallest absolute Gasteiger partial charge is 0.190 e. The van der Waals surface area contributed by atoms with Gasteiger partial charge in [-0.25, -0.2) is 0 Å². The first-order chi connectivity index (χ1) is 9.61. The van der Waals surface area contributed by atoms with Gasteiger partial charge in [-0.2, -0.15) is 5.10 Å². The van der Waals surface area contributed by atoms with Crippen molar-refractivity contribution < 1.29 is 9.53 Å². The van der Waals surface area contributed by atoms with Crippen LogP contribution >= 0.6 is 0 Å². The Hall–Kier alpha value is -1.32. The first-order valence-electron chi connectivity index (χ1n) is 7.72. The summed E-state index contributed by atoms with van der Waals surface area (Å²) < 4.78 is 7.04. The number of ketones is 1. The van der Waals surface area contributed by atoms with Gasteiger partial charge in [-0.15, -0.1) is 0 Å². The number of carbonyl (C=O) groups excluding carboxylic acids is 1. The van der Waals surface area contributed by atoms with Crippen LogP contribution in [0.2, 0.25) is 0 Å². The normalized spacial score (nSPS) is 38.2. The van der Waals surface area contributed by atoms with E-state index in [-0.39, 0.29) is 11.2 Å². The largest absolute Gasteiger partial charge is 0.493 e. The molecule has 1 aromatic rings. The van der Waals surface area contributed by atoms with Gasteiger partial charge in [0.15, 0.2) is 11.5 Å². The van der Waals surface area contributed by atoms with Crippen LogP contribution in [-0.2, 0) is 7.05 Å². The molecule has 0 spiro atoms. The van der Waals surface area contributed by atoms with E-state index in [2.05, 4.69) is 5.10 Å². The fraction of sp³-hybridized carbons (Fsp3) is 0.750. The molecule has 0 radical (unpaired) electrons. The Morgan fingerprint density at radius 1 is 1.25 bits per heavy atom. The number of carbonyl (C=O) groups is 1. The van der Waals surface area contributed by atoms with Crippen LogP contribution in [0.5, 0.6) is 5.75 Å². The standard InChI is InChI=1S/C16H22N2O2/c1-18-14(13(20-2)9-17-18)15(19)16-6-10-3-11(7-16)5-12(4-10)8-16/h9-12H,3-8H2,1-2H3. The lowest BCUT2D eigenvalue weighted by molar-refractivity contribution is -0.0358. The van der Waals surface area contributed by atoms with Crippen LogP contribution < -0.4 is 4.74 Å². The second-order valence-electron chi connectivity index (χ2n) is 7.21. The maximum absolute atomic E-state index is 13.2. The third-order valence-electron chi connectivity index (χ3n) is 5.86. The summed E-state index contributed by atoms with van der Waals surface area (Å²) in [5.74, 6) is 3.26. The van der Waals surface area contributed by atoms with E-state index in [1.807, 2.05) is 7.05 Å². The summed E-state index contributed by atoms with van der Waals surface area (Å²) in [6, 6.07) is 0. The van der Waals surface area contributed by atoms with Crippen molar-refractivity contribution in [3.8, 4) is 5.75 Å². The quantitative estimate of drug-likeness (QED) is 0.796. The van der Waals surface area contributed by atoms with Crippen molar-refractivity contribution in [3.05, 3.63) is 11.9 Å². The molecule has 4 heteroatoms. The number of Topliss-reactive ketones (excluding diaryl/α,β-unsaturated/α-hetero) is 1. The monoisotopic (exact) mass is 274 g/mol. The van der Waals surface area contributed by atoms with E-state index in [9.17, 15) is 4.79 Å². The summed E-state index contributed by atoms with van der Waals surface area (Å²) in [5, 5.41) is 4.21. The molecule has 4 aliphatic rings. The number of hydrogen-bond donors (Lipinski definition) is 0. The molecule has 4 fully saturated rings. The zero-order valence-electron chi connectivity index (χ0n) is 12.3. The van der Waals surface area contributed by atoms with Crippen molar-refractivity contribution in [2.45, 2.75) is 38.5 Å². The molecule has 4 bridgehead atoms. The van der Waals surface area contributed by atoms with E-state index >= 15 is 0 Å². The molecule has 1 aromatic heterocycles. The molecule has 0 aliphatic heterocycles. The Labute approximate surface area is 119 Å². The van der Waals surface area contributed by atoms with Crippen LogP contribution in [0.3, 0.4) is 0 Å². The Balaban J connectivity index is 1.73. The van der Waals surface area contributed by atoms with Gasteiger partial charge in [0.25, 0.3) is 0 Å². The molecule has 4 nitrogen and oxygen atoms in total. The average molecular weight is 274 g/mol. The summed E-state index contributed by atoms with van der Waals surface area (Å²) >= 11 is 0. The maximum atomic E-state index is 13.2. The Morgan fingerprint density at radius 3 is 2.30 bits per heavy atom. The molecule has 108 valence electrons. The van der Waals surface area contributed by atoms with Crippen molar-refractivity contribution >= 4 is 5.78 Å². The number of hydrogen-bond acceptors (Lipinski definition) is 3. The van der Waals surface area contributed by atoms with Gasteiger partial charge in [-0.3, -0.25) is 9.48 Å². The minimum atomic E-state index is -0.115. The minimum absolute atomic E-state index is 0.115. The summed E-state index contributed by atoms with van der Waals surface area (Å²) in [6.45, 7) is 0. The van der Waals surface area contributed by atoms with Gasteiger partial charge < -0.3 is 4.74 Å². The van der Waals surface area contributed by atoms with E-state index < -0.39 is 0 Å². The summed E-state index contributed by atoms with van der Waals surface area (Å²) in [6.07, 6.45) is 9.00. The molecular formula is C16H22N2O2. The highest BCUT2D eigenvalue weighted by atomic mass is 16.5. The molecule has 0 aromatic carbocycles. The molecule has 0 saturated heterocycles. The van der Waals surface area contributed by atoms with E-state index in [0.29, 0.717) is 11.4 Å². The third-order valence-corrected chi connectivity index (χ3v) is 5.86. The van der Waals surface area contributed by atoms with Gasteiger partial charge in [0.05, 0.1) is 13.3 Å². The fourth-order valence-electron chi connectivity index (χ4n) is 5.47. The number of methoxy groups -OCH3 is 1. The highest BCUT2D eigenvalue weighted by Crippen LogP contribution is 2.61. The van der Waals surface area contributed by atoms with Crippen LogP contribution in [0.4, 0.5) is 0 Å². The third kappa shape index (κ3) is 1.60. The predicted octanol–water partition coefficient (Wildman–Crippen LogP) is 2.83. The summed E-state index contributed by atoms with van der Waals surface area (Å²) in [7, 11) is 3.46. The lowest BCUT2D eigenvalue weighted by Gasteiger charge is -2.55. The van der Waals surface area contributed by atoms with Gasteiger partial charge in [0.1, 0.15) is 5.69 Å². The molecule has 5 rings (SSSR count). The van der Waals surface area contributed by atoms with Crippen molar-refractivity contribution in [1.29, 1.82) is 0 Å². The van der Waals surface area contributed by atoms with Gasteiger partial charge in [-0.1, -0.05) is 0 Å². The Bertz CT molecular complexity index is 526. The van der Waals surface area contributed by atoms with Gasteiger partial charge in [-0.05, 0) is 56.3 Å². The van der Waals surface area contributed by atoms with Crippen molar-refractivity contribution in [2.24, 2.45) is 30.2 Å². The highest BCUT2D eigenvalue weighted by molar-refractivity contribution is 6.01. The zero-order chi connectivity index (χ0) is 13.9. The molecule has 0 N–H and O–H groups in total. The Morgan fingerprint density at radius 2 is 1.80 bits per heavy atom. The molecular weight excluding hydrogens is 252 g/mol. The molecule has 1 heterocycles. The second-order valence-corrected chi connectivity index (χ2v) is 7.21. The molecule has 20 heavy (non-hydrogen) atoms. The minimum Gasteiger partial charge on any atom is -0.493 e. The van der Waals surface area contributed by atoms with Gasteiger partial charge in [0, 0.05) is 12.5 Å². The molecule has 0 atom stereocenters. The number of rotatable bonds is 3. The van der Waals surface area contributed by atoms with Crippen LogP contribution in [-0.4, -0.2) is 22.7 Å². The van der Waals surface area contributed by atoms with E-state index in [4.69, 9.17) is 4.74 Å². The van der Waals surface area contributed by atoms with Crippen molar-refractivity contribution in [1.82, 2.24) is 9.78 Å². The van der Waals surface area contributed by atoms with Crippen LogP contribution in [0.15, 0.2) is 6.20 Å². The van der Waals surface area contributed by atoms with Gasteiger partial charge >= 0.3 is 0 Å². The van der Waals surface area contributed by atoms with E-state index in [1.165, 1.54) is 19.3 Å². The number of ether oxygens (including phenoxy) is 1. The van der Waals surface area contributed by atoms with Crippen molar-refractivity contribution in [3.63, 3.8) is 0 Å². The highest BCUT2D eigenvalue weighted by Gasteiger charge is 2.55. The first-order valence-corrected chi connectivity index (χ1v) is 7.72. The topological polar surface area (TPSA) is 44.1 Å². The van der Waals surface area contributed by atoms with Crippen LogP contribution in [0.25, 0.3) is 0 Å². The lowest BCUT2D eigenvalue weighted by atomic mass is 9.48. The average Bonchev–Trinajstić information content (AvgIpc) is 2.77. The van der Waals surface area contributed by atoms with Crippen molar-refractivity contribution in [2.75, 3.05) is 7.11 Å². The number of aryl methyl sites for hydroxylation is 1.